The van der Waals surface area contributed by atoms with E-state index in [0.29, 0.717) is 17.5 Å². The Morgan fingerprint density at radius 1 is 1.64 bits per heavy atom. The van der Waals surface area contributed by atoms with Crippen molar-refractivity contribution in [3.63, 3.8) is 0 Å². The van der Waals surface area contributed by atoms with Crippen LogP contribution in [0.5, 0.6) is 5.75 Å². The van der Waals surface area contributed by atoms with E-state index in [1.54, 1.807) is 13.0 Å². The van der Waals surface area contributed by atoms with E-state index in [1.807, 2.05) is 0 Å². The fourth-order valence-corrected chi connectivity index (χ4v) is 1.31. The molecule has 0 amide bonds. The minimum atomic E-state index is -0.711. The molecule has 78 valence electrons. The van der Waals surface area contributed by atoms with Gasteiger partial charge in [0.15, 0.2) is 11.6 Å². The van der Waals surface area contributed by atoms with E-state index in [4.69, 9.17) is 17.5 Å². The highest BCUT2D eigenvalue weighted by atomic mass is 35.5. The minimum absolute atomic E-state index is 0.0416. The monoisotopic (exact) mass is 219 g/mol. The summed E-state index contributed by atoms with van der Waals surface area (Å²) in [6.45, 7) is 1.88. The highest BCUT2D eigenvalue weighted by Gasteiger charge is 2.13. The molecule has 0 bridgehead atoms. The third-order valence-corrected chi connectivity index (χ3v) is 2.40. The molecular weight excluding hydrogens is 209 g/mol. The standard InChI is InChI=1S/C9H11ClFNO2/c1-5-4-6(2-3-14-12)8(11)9(13)7(5)10/h4,13H,2-3,12H2,1H3. The number of halogens is 2. The Hall–Kier alpha value is -0.840. The van der Waals surface area contributed by atoms with Crippen molar-refractivity contribution in [2.45, 2.75) is 13.3 Å². The van der Waals surface area contributed by atoms with E-state index < -0.39 is 11.6 Å². The SMILES string of the molecule is Cc1cc(CCON)c(F)c(O)c1Cl. The van der Waals surface area contributed by atoms with Crippen molar-refractivity contribution < 1.29 is 14.3 Å². The molecule has 3 nitrogen and oxygen atoms in total. The first-order valence-corrected chi connectivity index (χ1v) is 4.43. The predicted molar refractivity (Wildman–Crippen MR) is 51.7 cm³/mol. The molecule has 0 saturated carbocycles. The maximum absolute atomic E-state index is 13.3. The molecule has 0 unspecified atom stereocenters. The highest BCUT2D eigenvalue weighted by Crippen LogP contribution is 2.32. The quantitative estimate of drug-likeness (QED) is 0.764. The molecule has 1 rings (SSSR count). The number of aromatic hydroxyl groups is 1. The lowest BCUT2D eigenvalue weighted by atomic mass is 10.1. The zero-order valence-electron chi connectivity index (χ0n) is 7.68. The Morgan fingerprint density at radius 3 is 2.86 bits per heavy atom. The van der Waals surface area contributed by atoms with Crippen molar-refractivity contribution in [1.82, 2.24) is 0 Å². The van der Waals surface area contributed by atoms with Crippen LogP contribution in [0.2, 0.25) is 5.02 Å². The lowest BCUT2D eigenvalue weighted by molar-refractivity contribution is 0.140. The van der Waals surface area contributed by atoms with Crippen LogP contribution in [-0.2, 0) is 11.3 Å². The summed E-state index contributed by atoms with van der Waals surface area (Å²) in [5.74, 6) is 3.60. The zero-order valence-corrected chi connectivity index (χ0v) is 8.44. The molecule has 0 fully saturated rings. The van der Waals surface area contributed by atoms with Gasteiger partial charge in [0.05, 0.1) is 11.6 Å². The van der Waals surface area contributed by atoms with Crippen molar-refractivity contribution in [2.24, 2.45) is 5.90 Å². The highest BCUT2D eigenvalue weighted by molar-refractivity contribution is 6.32. The first kappa shape index (κ1) is 11.2. The molecule has 1 aromatic rings. The van der Waals surface area contributed by atoms with E-state index in [-0.39, 0.29) is 11.6 Å². The van der Waals surface area contributed by atoms with Crippen molar-refractivity contribution in [3.8, 4) is 5.75 Å². The molecule has 0 aliphatic heterocycles. The van der Waals surface area contributed by atoms with Gasteiger partial charge in [-0.2, -0.15) is 0 Å². The molecule has 5 heteroatoms. The van der Waals surface area contributed by atoms with Gasteiger partial charge in [-0.05, 0) is 18.1 Å². The summed E-state index contributed by atoms with van der Waals surface area (Å²) in [7, 11) is 0. The summed E-state index contributed by atoms with van der Waals surface area (Å²) >= 11 is 5.64. The Kier molecular flexibility index (Phi) is 3.69. The summed E-state index contributed by atoms with van der Waals surface area (Å²) in [5, 5.41) is 9.33. The fourth-order valence-electron chi connectivity index (χ4n) is 1.17. The average Bonchev–Trinajstić information content (AvgIpc) is 2.18. The topological polar surface area (TPSA) is 55.5 Å². The number of aryl methyl sites for hydroxylation is 1. The summed E-state index contributed by atoms with van der Waals surface area (Å²) in [6.07, 6.45) is 0.300. The van der Waals surface area contributed by atoms with Gasteiger partial charge in [-0.1, -0.05) is 17.7 Å². The molecule has 0 aliphatic carbocycles. The van der Waals surface area contributed by atoms with E-state index in [1.165, 1.54) is 0 Å². The molecule has 0 atom stereocenters. The van der Waals surface area contributed by atoms with E-state index in [2.05, 4.69) is 4.84 Å². The molecule has 1 aromatic carbocycles. The smallest absolute Gasteiger partial charge is 0.170 e. The van der Waals surface area contributed by atoms with Gasteiger partial charge in [0.25, 0.3) is 0 Å². The van der Waals surface area contributed by atoms with Crippen LogP contribution in [0.15, 0.2) is 6.07 Å². The lowest BCUT2D eigenvalue weighted by Gasteiger charge is -2.08. The van der Waals surface area contributed by atoms with Crippen LogP contribution in [0.4, 0.5) is 4.39 Å². The van der Waals surface area contributed by atoms with E-state index >= 15 is 0 Å². The molecular formula is C9H11ClFNO2. The van der Waals surface area contributed by atoms with Gasteiger partial charge in [0, 0.05) is 6.42 Å². The lowest BCUT2D eigenvalue weighted by Crippen LogP contribution is -2.05. The first-order valence-electron chi connectivity index (χ1n) is 4.06. The third kappa shape index (κ3) is 2.15. The summed E-state index contributed by atoms with van der Waals surface area (Å²) in [4.78, 5) is 4.33. The Bertz CT molecular complexity index is 344. The second-order valence-corrected chi connectivity index (χ2v) is 3.33. The third-order valence-electron chi connectivity index (χ3n) is 1.92. The number of rotatable bonds is 3. The van der Waals surface area contributed by atoms with Gasteiger partial charge in [0.1, 0.15) is 0 Å². The number of nitrogens with two attached hydrogens (primary N) is 1. The summed E-state index contributed by atoms with van der Waals surface area (Å²) in [6, 6.07) is 1.57. The normalized spacial score (nSPS) is 10.6. The first-order chi connectivity index (χ1) is 6.57. The van der Waals surface area contributed by atoms with Gasteiger partial charge in [-0.25, -0.2) is 10.3 Å². The van der Waals surface area contributed by atoms with Crippen LogP contribution in [0, 0.1) is 12.7 Å². The number of benzene rings is 1. The van der Waals surface area contributed by atoms with Crippen LogP contribution in [0.25, 0.3) is 0 Å². The summed E-state index contributed by atoms with van der Waals surface area (Å²) in [5.41, 5.74) is 0.965. The zero-order chi connectivity index (χ0) is 10.7. The van der Waals surface area contributed by atoms with Crippen molar-refractivity contribution in [1.29, 1.82) is 0 Å². The van der Waals surface area contributed by atoms with E-state index in [9.17, 15) is 9.50 Å². The molecule has 0 aliphatic rings. The number of hydrogen-bond acceptors (Lipinski definition) is 3. The second kappa shape index (κ2) is 4.59. The molecule has 14 heavy (non-hydrogen) atoms. The fraction of sp³-hybridized carbons (Fsp3) is 0.333. The Labute approximate surface area is 86.2 Å². The molecule has 0 heterocycles. The predicted octanol–water partition coefficient (Wildman–Crippen LogP) is 1.93. The molecule has 0 saturated heterocycles. The van der Waals surface area contributed by atoms with Crippen molar-refractivity contribution >= 4 is 11.6 Å². The second-order valence-electron chi connectivity index (χ2n) is 2.95. The summed E-state index contributed by atoms with van der Waals surface area (Å²) < 4.78 is 13.3. The number of phenols is 1. The molecule has 3 N–H and O–H groups in total. The Morgan fingerprint density at radius 2 is 2.29 bits per heavy atom. The molecule has 0 aromatic heterocycles. The molecule has 0 spiro atoms. The van der Waals surface area contributed by atoms with Gasteiger partial charge in [0.2, 0.25) is 0 Å². The van der Waals surface area contributed by atoms with Gasteiger partial charge >= 0.3 is 0 Å². The maximum Gasteiger partial charge on any atom is 0.170 e. The van der Waals surface area contributed by atoms with Crippen LogP contribution in [-0.4, -0.2) is 11.7 Å². The maximum atomic E-state index is 13.3. The average molecular weight is 220 g/mol. The van der Waals surface area contributed by atoms with Crippen LogP contribution >= 0.6 is 11.6 Å². The van der Waals surface area contributed by atoms with Crippen LogP contribution in [0.1, 0.15) is 11.1 Å². The van der Waals surface area contributed by atoms with Gasteiger partial charge in [-0.15, -0.1) is 0 Å². The van der Waals surface area contributed by atoms with Gasteiger partial charge in [-0.3, -0.25) is 0 Å². The van der Waals surface area contributed by atoms with Gasteiger partial charge < -0.3 is 9.94 Å². The van der Waals surface area contributed by atoms with Crippen molar-refractivity contribution in [3.05, 3.63) is 28.0 Å². The largest absolute Gasteiger partial charge is 0.504 e. The van der Waals surface area contributed by atoms with Crippen LogP contribution < -0.4 is 5.90 Å². The number of phenolic OH excluding ortho intramolecular Hbond substituents is 1. The van der Waals surface area contributed by atoms with Crippen molar-refractivity contribution in [2.75, 3.05) is 6.61 Å². The molecule has 0 radical (unpaired) electrons. The minimum Gasteiger partial charge on any atom is -0.504 e. The number of hydrogen-bond donors (Lipinski definition) is 2. The van der Waals surface area contributed by atoms with E-state index in [0.717, 1.165) is 0 Å². The van der Waals surface area contributed by atoms with Crippen LogP contribution in [0.3, 0.4) is 0 Å². The Balaban J connectivity index is 3.06.